The smallest absolute Gasteiger partial charge is 0.293 e. The van der Waals surface area contributed by atoms with Gasteiger partial charge in [0.25, 0.3) is 12.2 Å². The molecule has 0 amide bonds. The van der Waals surface area contributed by atoms with Gasteiger partial charge in [-0.2, -0.15) is 0 Å². The Balaban J connectivity index is -0.000000477. The molecule has 0 aliphatic carbocycles. The van der Waals surface area contributed by atoms with E-state index < -0.39 is 4.92 Å². The summed E-state index contributed by atoms with van der Waals surface area (Å²) in [6, 6.07) is 5.04. The summed E-state index contributed by atoms with van der Waals surface area (Å²) in [7, 11) is 1.92. The lowest BCUT2D eigenvalue weighted by molar-refractivity contribution is -0.384. The fraction of sp³-hybridized carbons (Fsp3) is 0.600. The third kappa shape index (κ3) is 35.6. The highest BCUT2D eigenvalue weighted by Crippen LogP contribution is 2.15. The summed E-state index contributed by atoms with van der Waals surface area (Å²) in [5.74, 6) is 0.811. The zero-order valence-corrected chi connectivity index (χ0v) is 22.9. The van der Waals surface area contributed by atoms with Gasteiger partial charge in [0.05, 0.1) is 44.6 Å². The van der Waals surface area contributed by atoms with Gasteiger partial charge >= 0.3 is 0 Å². The molecule has 0 radical (unpaired) electrons. The molecule has 0 atom stereocenters. The highest BCUT2D eigenvalue weighted by molar-refractivity contribution is 6.17. The number of nitrogens with zero attached hydrogens (tertiary/aromatic N) is 1. The monoisotopic (exact) mass is 566 g/mol. The van der Waals surface area contributed by atoms with Crippen molar-refractivity contribution < 1.29 is 43.7 Å². The van der Waals surface area contributed by atoms with Crippen LogP contribution in [-0.2, 0) is 28.5 Å². The van der Waals surface area contributed by atoms with Crippen molar-refractivity contribution in [3.8, 4) is 5.75 Å². The van der Waals surface area contributed by atoms with Crippen LogP contribution in [0.2, 0.25) is 0 Å². The number of phenolic OH excluding ortho intramolecular Hbond substituents is 1. The van der Waals surface area contributed by atoms with Crippen LogP contribution in [0.5, 0.6) is 5.75 Å². The Kier molecular flexibility index (Phi) is 38.4. The minimum absolute atomic E-state index is 0.0159. The van der Waals surface area contributed by atoms with Gasteiger partial charge in [-0.1, -0.05) is 25.0 Å². The van der Waals surface area contributed by atoms with Crippen molar-refractivity contribution in [2.75, 3.05) is 72.3 Å². The number of aliphatic hydroxyl groups excluding tert-OH is 1. The second kappa shape index (κ2) is 36.5. The first-order chi connectivity index (χ1) is 18.5. The van der Waals surface area contributed by atoms with E-state index >= 15 is 0 Å². The molecule has 0 aliphatic heterocycles. The standard InChI is InChI=1S/C11H24ClNO2.C7H12O4.C6H5NO3.CH2O/c1-13-7-9-15-11-10-14-8-5-3-2-4-6-12;8-3-1-2-4-10-5-6-11-7-9;8-6-3-1-5(2-4-6)7(9)10;1-2/h13H,2-11H2,1H3;1-2,7-8H,3-6H2;1-4,8H;1H2/b;2-1-;;. The number of nitro groups is 1. The lowest BCUT2D eigenvalue weighted by Crippen LogP contribution is -2.16. The maximum absolute atomic E-state index is 10.0. The number of hydrogen-bond donors (Lipinski definition) is 3. The second-order valence-corrected chi connectivity index (χ2v) is 7.28. The van der Waals surface area contributed by atoms with Crippen molar-refractivity contribution in [3.63, 3.8) is 0 Å². The van der Waals surface area contributed by atoms with Gasteiger partial charge in [0.1, 0.15) is 19.1 Å². The number of aromatic hydroxyl groups is 1. The molecule has 0 bridgehead atoms. The van der Waals surface area contributed by atoms with Crippen molar-refractivity contribution in [3.05, 3.63) is 46.5 Å². The van der Waals surface area contributed by atoms with Crippen LogP contribution in [0.3, 0.4) is 0 Å². The lowest BCUT2D eigenvalue weighted by Gasteiger charge is -2.05. The van der Waals surface area contributed by atoms with E-state index in [2.05, 4.69) is 10.1 Å². The Morgan fingerprint density at radius 2 is 1.55 bits per heavy atom. The molecule has 0 saturated carbocycles. The van der Waals surface area contributed by atoms with Gasteiger partial charge in [-0.15, -0.1) is 11.6 Å². The van der Waals surface area contributed by atoms with Crippen molar-refractivity contribution in [1.82, 2.24) is 5.32 Å². The summed E-state index contributed by atoms with van der Waals surface area (Å²) in [5.41, 5.74) is -0.0159. The number of alkyl halides is 1. The molecular formula is C25H43ClN2O10. The molecule has 12 nitrogen and oxygen atoms in total. The Morgan fingerprint density at radius 3 is 2.11 bits per heavy atom. The number of non-ortho nitro benzene ring substituents is 1. The van der Waals surface area contributed by atoms with Gasteiger partial charge in [-0.05, 0) is 32.0 Å². The predicted molar refractivity (Wildman–Crippen MR) is 146 cm³/mol. The number of nitro benzene ring substituents is 1. The Morgan fingerprint density at radius 1 is 0.947 bits per heavy atom. The van der Waals surface area contributed by atoms with E-state index in [-0.39, 0.29) is 24.7 Å². The number of likely N-dealkylation sites (N-methyl/N-ethyl adjacent to an activating group) is 1. The first-order valence-corrected chi connectivity index (χ1v) is 12.5. The molecule has 1 rings (SSSR count). The van der Waals surface area contributed by atoms with Crippen LogP contribution in [0.4, 0.5) is 5.69 Å². The number of hydrogen-bond acceptors (Lipinski definition) is 11. The van der Waals surface area contributed by atoms with Crippen LogP contribution < -0.4 is 5.32 Å². The number of aliphatic hydroxyl groups is 1. The normalized spacial score (nSPS) is 9.76. The van der Waals surface area contributed by atoms with Gasteiger partial charge in [-0.3, -0.25) is 14.9 Å². The number of nitrogens with one attached hydrogen (secondary N) is 1. The number of benzene rings is 1. The predicted octanol–water partition coefficient (Wildman–Crippen LogP) is 2.88. The first kappa shape index (κ1) is 39.9. The highest BCUT2D eigenvalue weighted by Gasteiger charge is 2.01. The van der Waals surface area contributed by atoms with Crippen molar-refractivity contribution in [1.29, 1.82) is 0 Å². The van der Waals surface area contributed by atoms with E-state index in [1.165, 1.54) is 37.1 Å². The fourth-order valence-electron chi connectivity index (χ4n) is 2.17. The molecule has 0 heterocycles. The van der Waals surface area contributed by atoms with Crippen molar-refractivity contribution in [2.45, 2.75) is 25.7 Å². The minimum Gasteiger partial charge on any atom is -0.508 e. The van der Waals surface area contributed by atoms with Crippen LogP contribution >= 0.6 is 11.6 Å². The lowest BCUT2D eigenvalue weighted by atomic mass is 10.2. The summed E-state index contributed by atoms with van der Waals surface area (Å²) in [4.78, 5) is 27.1. The van der Waals surface area contributed by atoms with Gasteiger partial charge in [0.2, 0.25) is 0 Å². The molecule has 0 fully saturated rings. The van der Waals surface area contributed by atoms with Crippen LogP contribution in [0, 0.1) is 10.1 Å². The van der Waals surface area contributed by atoms with E-state index in [4.69, 9.17) is 40.8 Å². The fourth-order valence-corrected chi connectivity index (χ4v) is 2.36. The average Bonchev–Trinajstić information content (AvgIpc) is 2.93. The third-order valence-electron chi connectivity index (χ3n) is 4.00. The molecule has 0 unspecified atom stereocenters. The number of phenols is 1. The highest BCUT2D eigenvalue weighted by atomic mass is 35.5. The molecule has 0 aromatic heterocycles. The minimum atomic E-state index is -0.514. The molecule has 3 N–H and O–H groups in total. The molecule has 1 aromatic carbocycles. The van der Waals surface area contributed by atoms with Crippen LogP contribution in [0.15, 0.2) is 36.4 Å². The van der Waals surface area contributed by atoms with E-state index in [0.29, 0.717) is 32.9 Å². The second-order valence-electron chi connectivity index (χ2n) is 6.90. The number of carbonyl (C=O) groups is 2. The van der Waals surface area contributed by atoms with E-state index in [1.54, 1.807) is 12.2 Å². The molecule has 38 heavy (non-hydrogen) atoms. The zero-order valence-electron chi connectivity index (χ0n) is 22.1. The quantitative estimate of drug-likeness (QED) is 0.0530. The van der Waals surface area contributed by atoms with E-state index in [9.17, 15) is 14.9 Å². The molecule has 1 aromatic rings. The number of rotatable bonds is 20. The summed E-state index contributed by atoms with van der Waals surface area (Å²) in [6.45, 7) is 7.41. The molecule has 0 aliphatic rings. The van der Waals surface area contributed by atoms with Gasteiger partial charge < -0.3 is 39.3 Å². The summed E-state index contributed by atoms with van der Waals surface area (Å²) in [5, 5.41) is 30.1. The SMILES string of the molecule is C=O.CNCCOCCOCCCCCCCl.O=COCCOC/C=C\CO.O=[N+]([O-])c1ccc(O)cc1. The van der Waals surface area contributed by atoms with Gasteiger partial charge in [0.15, 0.2) is 0 Å². The van der Waals surface area contributed by atoms with Crippen LogP contribution in [-0.4, -0.2) is 101 Å². The largest absolute Gasteiger partial charge is 0.508 e. The number of halogens is 1. The summed E-state index contributed by atoms with van der Waals surface area (Å²) >= 11 is 5.57. The number of ether oxygens (including phenoxy) is 4. The maximum atomic E-state index is 10.0. The number of carbonyl (C=O) groups excluding carboxylic acids is 2. The molecular weight excluding hydrogens is 524 g/mol. The molecule has 0 spiro atoms. The van der Waals surface area contributed by atoms with Crippen molar-refractivity contribution >= 4 is 30.5 Å². The summed E-state index contributed by atoms with van der Waals surface area (Å²) < 4.78 is 20.0. The average molecular weight is 567 g/mol. The molecule has 220 valence electrons. The third-order valence-corrected chi connectivity index (χ3v) is 4.27. The first-order valence-electron chi connectivity index (χ1n) is 12.0. The van der Waals surface area contributed by atoms with Gasteiger partial charge in [0, 0.05) is 31.2 Å². The molecule has 13 heteroatoms. The Bertz CT molecular complexity index is 640. The van der Waals surface area contributed by atoms with E-state index in [0.717, 1.165) is 38.5 Å². The molecule has 0 saturated heterocycles. The number of unbranched alkanes of at least 4 members (excludes halogenated alkanes) is 3. The topological polar surface area (TPSA) is 167 Å². The van der Waals surface area contributed by atoms with Gasteiger partial charge in [-0.25, -0.2) is 0 Å². The summed E-state index contributed by atoms with van der Waals surface area (Å²) in [6.07, 6.45) is 7.96. The Hall–Kier alpha value is -2.61. The van der Waals surface area contributed by atoms with Crippen LogP contribution in [0.25, 0.3) is 0 Å². The van der Waals surface area contributed by atoms with Crippen LogP contribution in [0.1, 0.15) is 25.7 Å². The van der Waals surface area contributed by atoms with E-state index in [1.807, 2.05) is 13.8 Å². The zero-order chi connectivity index (χ0) is 29.1. The Labute approximate surface area is 230 Å². The van der Waals surface area contributed by atoms with Crippen molar-refractivity contribution in [2.24, 2.45) is 0 Å². The maximum Gasteiger partial charge on any atom is 0.293 e.